The number of nitrogens with one attached hydrogen (secondary N) is 1. The molecule has 7 heteroatoms. The van der Waals surface area contributed by atoms with Crippen molar-refractivity contribution in [2.24, 2.45) is 0 Å². The van der Waals surface area contributed by atoms with E-state index < -0.39 is 12.1 Å². The molecule has 7 nitrogen and oxygen atoms in total. The highest BCUT2D eigenvalue weighted by atomic mass is 16.6. The van der Waals surface area contributed by atoms with E-state index in [4.69, 9.17) is 4.74 Å². The van der Waals surface area contributed by atoms with E-state index in [9.17, 15) is 9.59 Å². The zero-order valence-corrected chi connectivity index (χ0v) is 14.5. The molecule has 1 amide bonds. The number of esters is 1. The lowest BCUT2D eigenvalue weighted by Gasteiger charge is -2.05. The van der Waals surface area contributed by atoms with Crippen molar-refractivity contribution < 1.29 is 14.3 Å². The number of hydrogen-bond acceptors (Lipinski definition) is 5. The van der Waals surface area contributed by atoms with E-state index >= 15 is 0 Å². The lowest BCUT2D eigenvalue weighted by atomic mass is 10.0. The van der Waals surface area contributed by atoms with Gasteiger partial charge in [0.2, 0.25) is 0 Å². The average molecular weight is 350 g/mol. The molecule has 0 spiro atoms. The van der Waals surface area contributed by atoms with Crippen LogP contribution in [-0.4, -0.2) is 33.4 Å². The molecule has 0 saturated heterocycles. The summed E-state index contributed by atoms with van der Waals surface area (Å²) < 4.78 is 6.39. The van der Waals surface area contributed by atoms with Crippen LogP contribution in [0.2, 0.25) is 0 Å². The van der Waals surface area contributed by atoms with Crippen LogP contribution in [0.25, 0.3) is 16.8 Å². The number of pyridine rings is 1. The van der Waals surface area contributed by atoms with E-state index in [1.165, 1.54) is 0 Å². The number of alkyl carbamates (subject to hydrolysis) is 1. The Balaban J connectivity index is 2.06. The minimum atomic E-state index is -0.808. The second kappa shape index (κ2) is 7.60. The molecule has 3 aromatic rings. The molecule has 132 valence electrons. The fourth-order valence-corrected chi connectivity index (χ4v) is 2.53. The van der Waals surface area contributed by atoms with Crippen molar-refractivity contribution in [3.8, 4) is 16.8 Å². The van der Waals surface area contributed by atoms with Crippen LogP contribution in [0.1, 0.15) is 23.0 Å². The van der Waals surface area contributed by atoms with Crippen LogP contribution in [0.4, 0.5) is 4.79 Å². The molecule has 3 rings (SSSR count). The van der Waals surface area contributed by atoms with Gasteiger partial charge in [-0.1, -0.05) is 24.3 Å². The van der Waals surface area contributed by atoms with Crippen molar-refractivity contribution in [3.05, 3.63) is 66.2 Å². The van der Waals surface area contributed by atoms with Gasteiger partial charge in [0.15, 0.2) is 5.69 Å². The SMILES string of the molecule is CCNC(=O)OC(=O)c1nn(-c2cccnc2)cc1-c1ccccc1C. The van der Waals surface area contributed by atoms with E-state index in [1.54, 1.807) is 36.3 Å². The fraction of sp³-hybridized carbons (Fsp3) is 0.158. The molecule has 0 aliphatic rings. The summed E-state index contributed by atoms with van der Waals surface area (Å²) in [5.74, 6) is -0.808. The molecule has 1 aromatic carbocycles. The van der Waals surface area contributed by atoms with Crippen molar-refractivity contribution in [1.29, 1.82) is 0 Å². The predicted octanol–water partition coefficient (Wildman–Crippen LogP) is 3.13. The molecule has 0 radical (unpaired) electrons. The Bertz CT molecular complexity index is 935. The first kappa shape index (κ1) is 17.3. The number of ether oxygens (including phenoxy) is 1. The highest BCUT2D eigenvalue weighted by Crippen LogP contribution is 2.28. The first-order valence-corrected chi connectivity index (χ1v) is 8.16. The molecule has 1 N–H and O–H groups in total. The lowest BCUT2D eigenvalue weighted by Crippen LogP contribution is -2.26. The molecule has 0 atom stereocenters. The topological polar surface area (TPSA) is 86.1 Å². The van der Waals surface area contributed by atoms with E-state index in [2.05, 4.69) is 15.4 Å². The largest absolute Gasteiger partial charge is 0.415 e. The van der Waals surface area contributed by atoms with Crippen molar-refractivity contribution in [3.63, 3.8) is 0 Å². The Labute approximate surface area is 150 Å². The zero-order valence-electron chi connectivity index (χ0n) is 14.5. The first-order chi connectivity index (χ1) is 12.6. The quantitative estimate of drug-likeness (QED) is 0.577. The molecule has 0 saturated carbocycles. The van der Waals surface area contributed by atoms with Gasteiger partial charge in [0, 0.05) is 24.5 Å². The van der Waals surface area contributed by atoms with Gasteiger partial charge in [0.1, 0.15) is 0 Å². The second-order valence-corrected chi connectivity index (χ2v) is 5.57. The van der Waals surface area contributed by atoms with Gasteiger partial charge in [-0.2, -0.15) is 5.10 Å². The van der Waals surface area contributed by atoms with Crippen LogP contribution in [0.5, 0.6) is 0 Å². The first-order valence-electron chi connectivity index (χ1n) is 8.16. The van der Waals surface area contributed by atoms with Crippen LogP contribution in [0.15, 0.2) is 55.0 Å². The monoisotopic (exact) mass is 350 g/mol. The normalized spacial score (nSPS) is 10.4. The molecule has 0 bridgehead atoms. The van der Waals surface area contributed by atoms with Gasteiger partial charge in [-0.25, -0.2) is 14.3 Å². The van der Waals surface area contributed by atoms with Crippen LogP contribution >= 0.6 is 0 Å². The Morgan fingerprint density at radius 2 is 1.96 bits per heavy atom. The molecular weight excluding hydrogens is 332 g/mol. The van der Waals surface area contributed by atoms with Gasteiger partial charge >= 0.3 is 12.1 Å². The van der Waals surface area contributed by atoms with Crippen molar-refractivity contribution in [2.75, 3.05) is 6.54 Å². The standard InChI is InChI=1S/C19H18N4O3/c1-3-21-19(25)26-18(24)17-16(15-9-5-4-7-13(15)2)12-23(22-17)14-8-6-10-20-11-14/h4-12H,3H2,1-2H3,(H,21,25). The number of aromatic nitrogens is 3. The number of nitrogens with zero attached hydrogens (tertiary/aromatic N) is 3. The van der Waals surface area contributed by atoms with E-state index in [0.29, 0.717) is 17.8 Å². The molecule has 0 unspecified atom stereocenters. The lowest BCUT2D eigenvalue weighted by molar-refractivity contribution is 0.0617. The Hall–Kier alpha value is -3.48. The summed E-state index contributed by atoms with van der Waals surface area (Å²) >= 11 is 0. The maximum atomic E-state index is 12.5. The van der Waals surface area contributed by atoms with Gasteiger partial charge in [0.25, 0.3) is 0 Å². The number of rotatable bonds is 4. The van der Waals surface area contributed by atoms with Gasteiger partial charge < -0.3 is 10.1 Å². The van der Waals surface area contributed by atoms with Crippen LogP contribution in [-0.2, 0) is 4.74 Å². The Morgan fingerprint density at radius 1 is 1.15 bits per heavy atom. The van der Waals surface area contributed by atoms with Crippen molar-refractivity contribution in [1.82, 2.24) is 20.1 Å². The summed E-state index contributed by atoms with van der Waals surface area (Å²) in [5.41, 5.74) is 3.16. The van der Waals surface area contributed by atoms with Crippen LogP contribution < -0.4 is 5.32 Å². The third kappa shape index (κ3) is 3.61. The molecule has 26 heavy (non-hydrogen) atoms. The summed E-state index contributed by atoms with van der Waals surface area (Å²) in [6.45, 7) is 4.04. The number of carbonyl (C=O) groups excluding carboxylic acids is 2. The molecule has 0 fully saturated rings. The van der Waals surface area contributed by atoms with Crippen molar-refractivity contribution >= 4 is 12.1 Å². The van der Waals surface area contributed by atoms with Crippen LogP contribution in [0.3, 0.4) is 0 Å². The summed E-state index contributed by atoms with van der Waals surface area (Å²) in [4.78, 5) is 28.2. The highest BCUT2D eigenvalue weighted by molar-refractivity contribution is 6.00. The zero-order chi connectivity index (χ0) is 18.5. The van der Waals surface area contributed by atoms with E-state index in [1.807, 2.05) is 37.3 Å². The van der Waals surface area contributed by atoms with Gasteiger partial charge in [-0.15, -0.1) is 0 Å². The minimum Gasteiger partial charge on any atom is -0.371 e. The fourth-order valence-electron chi connectivity index (χ4n) is 2.53. The number of hydrogen-bond donors (Lipinski definition) is 1. The second-order valence-electron chi connectivity index (χ2n) is 5.57. The van der Waals surface area contributed by atoms with Gasteiger partial charge in [0.05, 0.1) is 11.9 Å². The number of amides is 1. The molecule has 0 aliphatic heterocycles. The summed E-state index contributed by atoms with van der Waals surface area (Å²) in [6.07, 6.45) is 4.21. The maximum Gasteiger partial charge on any atom is 0.415 e. The molecule has 0 aliphatic carbocycles. The molecular formula is C19H18N4O3. The third-order valence-electron chi connectivity index (χ3n) is 3.76. The Morgan fingerprint density at radius 3 is 2.65 bits per heavy atom. The van der Waals surface area contributed by atoms with E-state index in [-0.39, 0.29) is 5.69 Å². The molecule has 2 heterocycles. The maximum absolute atomic E-state index is 12.5. The average Bonchev–Trinajstić information content (AvgIpc) is 3.08. The summed E-state index contributed by atoms with van der Waals surface area (Å²) in [7, 11) is 0. The molecule has 2 aromatic heterocycles. The Kier molecular flexibility index (Phi) is 5.07. The van der Waals surface area contributed by atoms with Crippen molar-refractivity contribution in [2.45, 2.75) is 13.8 Å². The van der Waals surface area contributed by atoms with Gasteiger partial charge in [-0.05, 0) is 37.1 Å². The number of carbonyl (C=O) groups is 2. The van der Waals surface area contributed by atoms with Gasteiger partial charge in [-0.3, -0.25) is 4.98 Å². The third-order valence-corrected chi connectivity index (χ3v) is 3.76. The highest BCUT2D eigenvalue weighted by Gasteiger charge is 2.23. The summed E-state index contributed by atoms with van der Waals surface area (Å²) in [5, 5.41) is 6.76. The van der Waals surface area contributed by atoms with E-state index in [0.717, 1.165) is 11.1 Å². The predicted molar refractivity (Wildman–Crippen MR) is 96.0 cm³/mol. The minimum absolute atomic E-state index is 0.0643. The number of benzene rings is 1. The van der Waals surface area contributed by atoms with Crippen LogP contribution in [0, 0.1) is 6.92 Å². The smallest absolute Gasteiger partial charge is 0.371 e. The number of aryl methyl sites for hydroxylation is 1. The summed E-state index contributed by atoms with van der Waals surface area (Å²) in [6, 6.07) is 11.2.